The summed E-state index contributed by atoms with van der Waals surface area (Å²) in [7, 11) is 0. The first-order chi connectivity index (χ1) is 23.9. The summed E-state index contributed by atoms with van der Waals surface area (Å²) in [5, 5.41) is 22.7. The SMILES string of the molecule is Cc1c(COc2cc(OCc3cncc(C#N)c3)c(CNC(Cc3ccccn3)C(=O)O)cc2Cl)cccc1-c1ccc2c(c1)OCCO2. The smallest absolute Gasteiger partial charge is 0.321 e. The molecule has 1 unspecified atom stereocenters. The molecule has 3 heterocycles. The average molecular weight is 677 g/mol. The molecule has 11 heteroatoms. The van der Waals surface area contributed by atoms with E-state index in [2.05, 4.69) is 27.4 Å². The first kappa shape index (κ1) is 33.3. The molecule has 49 heavy (non-hydrogen) atoms. The van der Waals surface area contributed by atoms with Gasteiger partial charge in [-0.15, -0.1) is 0 Å². The summed E-state index contributed by atoms with van der Waals surface area (Å²) in [6.07, 6.45) is 4.92. The zero-order valence-corrected chi connectivity index (χ0v) is 27.4. The van der Waals surface area contributed by atoms with E-state index >= 15 is 0 Å². The molecule has 1 atom stereocenters. The molecular weight excluding hydrogens is 644 g/mol. The van der Waals surface area contributed by atoms with Crippen molar-refractivity contribution in [2.24, 2.45) is 0 Å². The second-order valence-corrected chi connectivity index (χ2v) is 11.8. The molecule has 0 amide bonds. The molecule has 0 spiro atoms. The fourth-order valence-electron chi connectivity index (χ4n) is 5.47. The van der Waals surface area contributed by atoms with Crippen LogP contribution in [0.1, 0.15) is 33.5 Å². The molecule has 0 fully saturated rings. The first-order valence-electron chi connectivity index (χ1n) is 15.6. The molecule has 0 bridgehead atoms. The van der Waals surface area contributed by atoms with Gasteiger partial charge < -0.3 is 24.1 Å². The quantitative estimate of drug-likeness (QED) is 0.139. The van der Waals surface area contributed by atoms with Crippen LogP contribution < -0.4 is 24.3 Å². The monoisotopic (exact) mass is 676 g/mol. The zero-order valence-electron chi connectivity index (χ0n) is 26.7. The fraction of sp³-hybridized carbons (Fsp3) is 0.211. The molecule has 2 aromatic heterocycles. The number of fused-ring (bicyclic) bond motifs is 1. The number of hydrogen-bond donors (Lipinski definition) is 2. The third-order valence-electron chi connectivity index (χ3n) is 8.09. The van der Waals surface area contributed by atoms with Gasteiger partial charge in [0.25, 0.3) is 0 Å². The molecule has 0 radical (unpaired) electrons. The van der Waals surface area contributed by atoms with Gasteiger partial charge in [0.15, 0.2) is 11.5 Å². The van der Waals surface area contributed by atoms with Gasteiger partial charge in [0.1, 0.15) is 50.0 Å². The third-order valence-corrected chi connectivity index (χ3v) is 8.39. The molecule has 0 aliphatic carbocycles. The van der Waals surface area contributed by atoms with E-state index in [0.29, 0.717) is 52.1 Å². The highest BCUT2D eigenvalue weighted by molar-refractivity contribution is 6.32. The lowest BCUT2D eigenvalue weighted by Gasteiger charge is -2.20. The minimum absolute atomic E-state index is 0.115. The minimum Gasteiger partial charge on any atom is -0.488 e. The number of hydrogen-bond acceptors (Lipinski definition) is 9. The number of nitrogens with one attached hydrogen (secondary N) is 1. The highest BCUT2D eigenvalue weighted by atomic mass is 35.5. The number of halogens is 1. The molecule has 10 nitrogen and oxygen atoms in total. The van der Waals surface area contributed by atoms with Gasteiger partial charge in [0.2, 0.25) is 0 Å². The number of aromatic nitrogens is 2. The summed E-state index contributed by atoms with van der Waals surface area (Å²) in [6, 6.07) is 23.6. The number of aliphatic carboxylic acids is 1. The molecule has 3 aromatic carbocycles. The Morgan fingerprint density at radius 1 is 0.980 bits per heavy atom. The van der Waals surface area contributed by atoms with Gasteiger partial charge in [-0.3, -0.25) is 20.1 Å². The Bertz CT molecular complexity index is 2000. The number of ether oxygens (including phenoxy) is 4. The van der Waals surface area contributed by atoms with Crippen molar-refractivity contribution in [2.45, 2.75) is 39.1 Å². The molecule has 1 aliphatic heterocycles. The molecule has 6 rings (SSSR count). The Labute approximate surface area is 288 Å². The molecule has 0 saturated heterocycles. The number of carboxylic acid groups (broad SMARTS) is 1. The second kappa shape index (κ2) is 15.5. The Morgan fingerprint density at radius 2 is 1.82 bits per heavy atom. The van der Waals surface area contributed by atoms with Crippen LogP contribution in [0.5, 0.6) is 23.0 Å². The molecular formula is C38H33ClN4O6. The van der Waals surface area contributed by atoms with E-state index in [1.807, 2.05) is 43.3 Å². The van der Waals surface area contributed by atoms with Crippen LogP contribution in [0.3, 0.4) is 0 Å². The van der Waals surface area contributed by atoms with Crippen LogP contribution in [-0.2, 0) is 31.0 Å². The van der Waals surface area contributed by atoms with Crippen LogP contribution in [0.4, 0.5) is 0 Å². The lowest BCUT2D eigenvalue weighted by atomic mass is 9.96. The van der Waals surface area contributed by atoms with Crippen LogP contribution in [0, 0.1) is 18.3 Å². The predicted molar refractivity (Wildman–Crippen MR) is 183 cm³/mol. The van der Waals surface area contributed by atoms with E-state index in [9.17, 15) is 15.2 Å². The van der Waals surface area contributed by atoms with Crippen molar-refractivity contribution in [1.82, 2.24) is 15.3 Å². The molecule has 2 N–H and O–H groups in total. The Hall–Kier alpha value is -5.63. The van der Waals surface area contributed by atoms with Crippen LogP contribution >= 0.6 is 11.6 Å². The summed E-state index contributed by atoms with van der Waals surface area (Å²) in [5.41, 5.74) is 6.45. The summed E-state index contributed by atoms with van der Waals surface area (Å²) < 4.78 is 24.0. The lowest BCUT2D eigenvalue weighted by molar-refractivity contribution is -0.139. The van der Waals surface area contributed by atoms with E-state index in [1.54, 1.807) is 42.7 Å². The van der Waals surface area contributed by atoms with E-state index in [0.717, 1.165) is 33.8 Å². The summed E-state index contributed by atoms with van der Waals surface area (Å²) in [6.45, 7) is 3.59. The molecule has 1 aliphatic rings. The van der Waals surface area contributed by atoms with Crippen molar-refractivity contribution in [3.8, 4) is 40.2 Å². The fourth-order valence-corrected chi connectivity index (χ4v) is 5.72. The summed E-state index contributed by atoms with van der Waals surface area (Å²) in [5.74, 6) is 1.29. The van der Waals surface area contributed by atoms with Gasteiger partial charge >= 0.3 is 5.97 Å². The normalized spacial score (nSPS) is 12.5. The Kier molecular flexibility index (Phi) is 10.5. The maximum absolute atomic E-state index is 12.1. The highest BCUT2D eigenvalue weighted by Crippen LogP contribution is 2.37. The number of pyridine rings is 2. The number of nitriles is 1. The number of carboxylic acids is 1. The Balaban J connectivity index is 1.23. The molecule has 248 valence electrons. The largest absolute Gasteiger partial charge is 0.488 e. The highest BCUT2D eigenvalue weighted by Gasteiger charge is 2.21. The van der Waals surface area contributed by atoms with Crippen molar-refractivity contribution < 1.29 is 28.8 Å². The van der Waals surface area contributed by atoms with Crippen molar-refractivity contribution in [3.63, 3.8) is 0 Å². The van der Waals surface area contributed by atoms with Crippen molar-refractivity contribution in [1.29, 1.82) is 5.26 Å². The lowest BCUT2D eigenvalue weighted by Crippen LogP contribution is -2.38. The maximum atomic E-state index is 12.1. The van der Waals surface area contributed by atoms with Crippen LogP contribution in [0.15, 0.2) is 91.4 Å². The first-order valence-corrected chi connectivity index (χ1v) is 16.0. The van der Waals surface area contributed by atoms with Gasteiger partial charge in [-0.25, -0.2) is 0 Å². The third kappa shape index (κ3) is 8.27. The van der Waals surface area contributed by atoms with Crippen molar-refractivity contribution in [3.05, 3.63) is 130 Å². The average Bonchev–Trinajstić information content (AvgIpc) is 3.13. The standard InChI is InChI=1S/C38H33ClN4O6/c1-24-28(5-4-7-31(24)27-8-9-34-37(15-27)47-12-11-46-34)23-49-36-17-35(48-22-26-13-25(18-40)19-41-20-26)29(14-32(36)39)21-43-33(38(44)45)16-30-6-2-3-10-42-30/h2-10,13-15,17,19-20,33,43H,11-12,16,21-23H2,1H3,(H,44,45). The molecule has 5 aromatic rings. The van der Waals surface area contributed by atoms with Gasteiger partial charge in [-0.1, -0.05) is 41.9 Å². The van der Waals surface area contributed by atoms with E-state index in [1.165, 1.54) is 6.20 Å². The number of rotatable bonds is 13. The molecule has 0 saturated carbocycles. The topological polar surface area (TPSA) is 136 Å². The number of nitrogens with zero attached hydrogens (tertiary/aromatic N) is 3. The second-order valence-electron chi connectivity index (χ2n) is 11.4. The summed E-state index contributed by atoms with van der Waals surface area (Å²) >= 11 is 6.76. The van der Waals surface area contributed by atoms with Crippen molar-refractivity contribution in [2.75, 3.05) is 13.2 Å². The van der Waals surface area contributed by atoms with Crippen LogP contribution in [-0.4, -0.2) is 40.3 Å². The van der Waals surface area contributed by atoms with Crippen LogP contribution in [0.25, 0.3) is 11.1 Å². The predicted octanol–water partition coefficient (Wildman–Crippen LogP) is 6.69. The summed E-state index contributed by atoms with van der Waals surface area (Å²) in [4.78, 5) is 20.5. The van der Waals surface area contributed by atoms with Gasteiger partial charge in [0.05, 0.1) is 10.6 Å². The Morgan fingerprint density at radius 3 is 2.61 bits per heavy atom. The van der Waals surface area contributed by atoms with Gasteiger partial charge in [-0.05, 0) is 65.6 Å². The minimum atomic E-state index is -1.01. The zero-order chi connectivity index (χ0) is 34.2. The number of carbonyl (C=O) groups is 1. The van der Waals surface area contributed by atoms with Gasteiger partial charge in [0, 0.05) is 54.4 Å². The van der Waals surface area contributed by atoms with Gasteiger partial charge in [-0.2, -0.15) is 5.26 Å². The van der Waals surface area contributed by atoms with E-state index < -0.39 is 12.0 Å². The van der Waals surface area contributed by atoms with Crippen LogP contribution in [0.2, 0.25) is 5.02 Å². The van der Waals surface area contributed by atoms with E-state index in [-0.39, 0.29) is 26.2 Å². The maximum Gasteiger partial charge on any atom is 0.321 e. The van der Waals surface area contributed by atoms with Crippen molar-refractivity contribution >= 4 is 17.6 Å². The van der Waals surface area contributed by atoms with E-state index in [4.69, 9.17) is 30.5 Å². The number of benzene rings is 3.